The van der Waals surface area contributed by atoms with Gasteiger partial charge >= 0.3 is 0 Å². The van der Waals surface area contributed by atoms with Crippen LogP contribution in [-0.4, -0.2) is 49.4 Å². The Morgan fingerprint density at radius 2 is 1.97 bits per heavy atom. The molecule has 0 saturated carbocycles. The number of nitrogen functional groups attached to an aromatic ring is 1. The Bertz CT molecular complexity index is 1330. The van der Waals surface area contributed by atoms with Crippen molar-refractivity contribution in [2.24, 2.45) is 5.10 Å². The summed E-state index contributed by atoms with van der Waals surface area (Å²) in [6.07, 6.45) is 1.35. The van der Waals surface area contributed by atoms with Crippen molar-refractivity contribution >= 4 is 29.3 Å². The van der Waals surface area contributed by atoms with Crippen molar-refractivity contribution in [3.8, 4) is 5.82 Å². The second kappa shape index (κ2) is 9.56. The lowest BCUT2D eigenvalue weighted by atomic mass is 10.2. The van der Waals surface area contributed by atoms with E-state index in [0.29, 0.717) is 11.3 Å². The molecule has 3 N–H and O–H groups in total. The third kappa shape index (κ3) is 4.69. The number of amides is 1. The lowest BCUT2D eigenvalue weighted by Crippen LogP contribution is -2.24. The van der Waals surface area contributed by atoms with E-state index in [4.69, 9.17) is 5.73 Å². The molecule has 0 aliphatic carbocycles. The molecule has 4 aromatic rings. The summed E-state index contributed by atoms with van der Waals surface area (Å²) in [5, 5.41) is 29.9. The normalized spacial score (nSPS) is 11.0. The van der Waals surface area contributed by atoms with E-state index in [-0.39, 0.29) is 29.6 Å². The molecule has 0 saturated heterocycles. The van der Waals surface area contributed by atoms with E-state index < -0.39 is 10.8 Å². The SMILES string of the molecule is CN(Cc1c(C(=O)N/N=C\c2ccc([N+](=O)[O-])cc2)nnn1-c1nonc1N)c1ccccc1. The molecule has 2 aromatic heterocycles. The first-order chi connectivity index (χ1) is 16.4. The van der Waals surface area contributed by atoms with Gasteiger partial charge in [-0.2, -0.15) is 9.78 Å². The van der Waals surface area contributed by atoms with Gasteiger partial charge in [-0.25, -0.2) is 10.1 Å². The number of anilines is 2. The summed E-state index contributed by atoms with van der Waals surface area (Å²) in [6.45, 7) is 0.220. The zero-order chi connectivity index (χ0) is 24.1. The molecule has 172 valence electrons. The molecular formula is C20H18N10O4. The number of para-hydroxylation sites is 1. The number of nitrogens with one attached hydrogen (secondary N) is 1. The number of nitro benzene ring substituents is 1. The molecule has 0 bridgehead atoms. The number of non-ortho nitro benzene ring substituents is 1. The number of nitrogens with two attached hydrogens (primary N) is 1. The van der Waals surface area contributed by atoms with Gasteiger partial charge in [0.25, 0.3) is 11.6 Å². The Morgan fingerprint density at radius 1 is 1.24 bits per heavy atom. The number of benzene rings is 2. The van der Waals surface area contributed by atoms with Crippen LogP contribution in [0.4, 0.5) is 17.2 Å². The smallest absolute Gasteiger partial charge is 0.293 e. The summed E-state index contributed by atoms with van der Waals surface area (Å²) in [6, 6.07) is 15.2. The molecule has 2 heterocycles. The van der Waals surface area contributed by atoms with E-state index in [1.165, 1.54) is 35.2 Å². The molecule has 0 atom stereocenters. The van der Waals surface area contributed by atoms with Crippen molar-refractivity contribution in [3.05, 3.63) is 81.7 Å². The van der Waals surface area contributed by atoms with Gasteiger partial charge in [0.2, 0.25) is 11.6 Å². The molecule has 1 amide bonds. The molecule has 14 heteroatoms. The summed E-state index contributed by atoms with van der Waals surface area (Å²) in [7, 11) is 1.84. The van der Waals surface area contributed by atoms with E-state index >= 15 is 0 Å². The molecular weight excluding hydrogens is 444 g/mol. The third-order valence-corrected chi connectivity index (χ3v) is 4.74. The second-order valence-electron chi connectivity index (χ2n) is 7.01. The van der Waals surface area contributed by atoms with E-state index in [9.17, 15) is 14.9 Å². The van der Waals surface area contributed by atoms with Gasteiger partial charge in [0.15, 0.2) is 5.69 Å². The molecule has 0 fully saturated rings. The minimum atomic E-state index is -0.629. The van der Waals surface area contributed by atoms with Crippen LogP contribution in [0.5, 0.6) is 0 Å². The minimum absolute atomic E-state index is 0.00830. The predicted octanol–water partition coefficient (Wildman–Crippen LogP) is 1.54. The fourth-order valence-electron chi connectivity index (χ4n) is 3.03. The zero-order valence-electron chi connectivity index (χ0n) is 17.8. The summed E-state index contributed by atoms with van der Waals surface area (Å²) in [5.41, 5.74) is 9.95. The minimum Gasteiger partial charge on any atom is -0.378 e. The Balaban J connectivity index is 1.57. The first kappa shape index (κ1) is 22.1. The van der Waals surface area contributed by atoms with Crippen molar-refractivity contribution in [1.82, 2.24) is 30.7 Å². The Kier molecular flexibility index (Phi) is 6.20. The van der Waals surface area contributed by atoms with Crippen molar-refractivity contribution in [1.29, 1.82) is 0 Å². The van der Waals surface area contributed by atoms with Gasteiger partial charge in [-0.05, 0) is 40.1 Å². The molecule has 0 aliphatic rings. The third-order valence-electron chi connectivity index (χ3n) is 4.74. The molecule has 0 radical (unpaired) electrons. The number of carbonyl (C=O) groups is 1. The van der Waals surface area contributed by atoms with E-state index in [2.05, 4.69) is 35.8 Å². The summed E-state index contributed by atoms with van der Waals surface area (Å²) in [5.74, 6) is -0.551. The van der Waals surface area contributed by atoms with Crippen LogP contribution in [0.2, 0.25) is 0 Å². The maximum Gasteiger partial charge on any atom is 0.293 e. The maximum atomic E-state index is 12.8. The Morgan fingerprint density at radius 3 is 2.62 bits per heavy atom. The highest BCUT2D eigenvalue weighted by Gasteiger charge is 2.25. The maximum absolute atomic E-state index is 12.8. The van der Waals surface area contributed by atoms with Crippen molar-refractivity contribution in [2.45, 2.75) is 6.54 Å². The van der Waals surface area contributed by atoms with E-state index in [1.807, 2.05) is 42.3 Å². The number of hydrogen-bond acceptors (Lipinski definition) is 11. The molecule has 14 nitrogen and oxygen atoms in total. The second-order valence-corrected chi connectivity index (χ2v) is 7.01. The van der Waals surface area contributed by atoms with Gasteiger partial charge < -0.3 is 10.6 Å². The highest BCUT2D eigenvalue weighted by Crippen LogP contribution is 2.20. The number of nitrogens with zero attached hydrogens (tertiary/aromatic N) is 8. The number of carbonyl (C=O) groups excluding carboxylic acids is 1. The lowest BCUT2D eigenvalue weighted by molar-refractivity contribution is -0.384. The van der Waals surface area contributed by atoms with Crippen LogP contribution in [0.25, 0.3) is 5.82 Å². The van der Waals surface area contributed by atoms with E-state index in [0.717, 1.165) is 5.69 Å². The first-order valence-corrected chi connectivity index (χ1v) is 9.81. The van der Waals surface area contributed by atoms with Gasteiger partial charge in [0, 0.05) is 24.9 Å². The molecule has 4 rings (SSSR count). The quantitative estimate of drug-likeness (QED) is 0.221. The fourth-order valence-corrected chi connectivity index (χ4v) is 3.03. The van der Waals surface area contributed by atoms with Gasteiger partial charge in [-0.15, -0.1) is 5.10 Å². The molecule has 0 unspecified atom stereocenters. The topological polar surface area (TPSA) is 183 Å². The fraction of sp³-hybridized carbons (Fsp3) is 0.100. The average Bonchev–Trinajstić information content (AvgIpc) is 3.45. The lowest BCUT2D eigenvalue weighted by Gasteiger charge is -2.19. The van der Waals surface area contributed by atoms with Gasteiger partial charge in [0.05, 0.1) is 23.4 Å². The number of aromatic nitrogens is 5. The molecule has 34 heavy (non-hydrogen) atoms. The van der Waals surface area contributed by atoms with Crippen LogP contribution < -0.4 is 16.1 Å². The van der Waals surface area contributed by atoms with Crippen LogP contribution in [0.1, 0.15) is 21.7 Å². The number of hydrogen-bond donors (Lipinski definition) is 2. The average molecular weight is 462 g/mol. The Hall–Kier alpha value is -5.14. The highest BCUT2D eigenvalue weighted by molar-refractivity contribution is 5.94. The van der Waals surface area contributed by atoms with Crippen LogP contribution in [0.3, 0.4) is 0 Å². The van der Waals surface area contributed by atoms with Crippen LogP contribution in [0.15, 0.2) is 64.3 Å². The number of nitro groups is 1. The van der Waals surface area contributed by atoms with Crippen molar-refractivity contribution in [3.63, 3.8) is 0 Å². The van der Waals surface area contributed by atoms with Crippen LogP contribution in [-0.2, 0) is 6.54 Å². The first-order valence-electron chi connectivity index (χ1n) is 9.81. The standard InChI is InChI=1S/C20H18N10O4/c1-28(14-5-3-2-4-6-14)12-16-17(23-27-29(16)19-18(21)25-34-26-19)20(31)24-22-11-13-7-9-15(10-8-13)30(32)33/h2-11H,12H2,1H3,(H2,21,25)(H,24,31)/b22-11-. The number of rotatable bonds is 8. The van der Waals surface area contributed by atoms with Gasteiger partial charge in [0.1, 0.15) is 0 Å². The molecule has 0 spiro atoms. The van der Waals surface area contributed by atoms with Crippen molar-refractivity contribution in [2.75, 3.05) is 17.7 Å². The number of hydrazone groups is 1. The summed E-state index contributed by atoms with van der Waals surface area (Å²) in [4.78, 5) is 25.0. The largest absolute Gasteiger partial charge is 0.378 e. The predicted molar refractivity (Wildman–Crippen MR) is 120 cm³/mol. The van der Waals surface area contributed by atoms with Crippen LogP contribution >= 0.6 is 0 Å². The molecule has 2 aromatic carbocycles. The Labute approximate surface area is 191 Å². The highest BCUT2D eigenvalue weighted by atomic mass is 16.6. The van der Waals surface area contributed by atoms with Crippen molar-refractivity contribution < 1.29 is 14.3 Å². The summed E-state index contributed by atoms with van der Waals surface area (Å²) < 4.78 is 5.94. The monoisotopic (exact) mass is 462 g/mol. The van der Waals surface area contributed by atoms with Crippen LogP contribution in [0, 0.1) is 10.1 Å². The summed E-state index contributed by atoms with van der Waals surface area (Å²) >= 11 is 0. The molecule has 0 aliphatic heterocycles. The van der Waals surface area contributed by atoms with E-state index in [1.54, 1.807) is 0 Å². The van der Waals surface area contributed by atoms with Gasteiger partial charge in [-0.3, -0.25) is 14.9 Å². The zero-order valence-corrected chi connectivity index (χ0v) is 17.8. The van der Waals surface area contributed by atoms with Gasteiger partial charge in [-0.1, -0.05) is 23.4 Å².